The van der Waals surface area contributed by atoms with Crippen molar-refractivity contribution in [1.82, 2.24) is 0 Å². The van der Waals surface area contributed by atoms with Crippen molar-refractivity contribution >= 4 is 0 Å². The average molecular weight is 226 g/mol. The number of rotatable bonds is 4. The predicted molar refractivity (Wildman–Crippen MR) is 57.4 cm³/mol. The van der Waals surface area contributed by atoms with Crippen molar-refractivity contribution in [2.75, 3.05) is 14.2 Å². The first-order chi connectivity index (χ1) is 7.58. The van der Waals surface area contributed by atoms with Crippen LogP contribution in [0.15, 0.2) is 12.1 Å². The van der Waals surface area contributed by atoms with E-state index in [1.54, 1.807) is 0 Å². The summed E-state index contributed by atoms with van der Waals surface area (Å²) in [5.41, 5.74) is -0.0223. The fraction of sp³-hybridized carbons (Fsp3) is 0.500. The van der Waals surface area contributed by atoms with Crippen LogP contribution in [0, 0.1) is 5.82 Å². The van der Waals surface area contributed by atoms with E-state index in [1.165, 1.54) is 26.4 Å². The molecule has 0 radical (unpaired) electrons. The van der Waals surface area contributed by atoms with Crippen molar-refractivity contribution in [2.24, 2.45) is 0 Å². The monoisotopic (exact) mass is 226 g/mol. The molecule has 3 nitrogen and oxygen atoms in total. The first-order valence-electron chi connectivity index (χ1n) is 5.21. The molecule has 1 aromatic carbocycles. The van der Waals surface area contributed by atoms with Crippen LogP contribution >= 0.6 is 0 Å². The Morgan fingerprint density at radius 1 is 1.31 bits per heavy atom. The summed E-state index contributed by atoms with van der Waals surface area (Å²) in [4.78, 5) is 0. The summed E-state index contributed by atoms with van der Waals surface area (Å²) in [6, 6.07) is 2.66. The maximum Gasteiger partial charge on any atom is 0.164 e. The predicted octanol–water partition coefficient (Wildman–Crippen LogP) is 1.91. The van der Waals surface area contributed by atoms with E-state index in [-0.39, 0.29) is 5.82 Å². The molecule has 0 bridgehead atoms. The molecule has 0 atom stereocenters. The zero-order valence-electron chi connectivity index (χ0n) is 9.42. The Bertz CT molecular complexity index is 399. The summed E-state index contributed by atoms with van der Waals surface area (Å²) in [6.45, 7) is 0. The van der Waals surface area contributed by atoms with Crippen molar-refractivity contribution in [2.45, 2.75) is 24.9 Å². The lowest BCUT2D eigenvalue weighted by atomic mass is 10.0. The lowest BCUT2D eigenvalue weighted by Gasteiger charge is -2.15. The van der Waals surface area contributed by atoms with Crippen molar-refractivity contribution in [3.05, 3.63) is 23.5 Å². The molecule has 88 valence electrons. The minimum absolute atomic E-state index is 0.363. The molecule has 1 aromatic rings. The standard InChI is InChI=1S/C12H15FO3/c1-15-10-6-9(13)5-8(11(10)16-2)7-12(14)3-4-12/h5-6,14H,3-4,7H2,1-2H3. The molecule has 0 aliphatic heterocycles. The second-order valence-electron chi connectivity index (χ2n) is 4.20. The molecule has 1 aliphatic rings. The van der Waals surface area contributed by atoms with E-state index in [4.69, 9.17) is 9.47 Å². The molecule has 16 heavy (non-hydrogen) atoms. The highest BCUT2D eigenvalue weighted by Crippen LogP contribution is 2.42. The second-order valence-corrected chi connectivity index (χ2v) is 4.20. The first-order valence-corrected chi connectivity index (χ1v) is 5.21. The Labute approximate surface area is 93.8 Å². The van der Waals surface area contributed by atoms with Crippen LogP contribution in [0.1, 0.15) is 18.4 Å². The van der Waals surface area contributed by atoms with Gasteiger partial charge in [-0.25, -0.2) is 4.39 Å². The minimum Gasteiger partial charge on any atom is -0.493 e. The molecule has 1 N–H and O–H groups in total. The lowest BCUT2D eigenvalue weighted by molar-refractivity contribution is 0.149. The van der Waals surface area contributed by atoms with Crippen LogP contribution in [0.3, 0.4) is 0 Å². The summed E-state index contributed by atoms with van der Waals surface area (Å²) in [5.74, 6) is 0.489. The van der Waals surface area contributed by atoms with Gasteiger partial charge < -0.3 is 14.6 Å². The van der Waals surface area contributed by atoms with Gasteiger partial charge in [-0.05, 0) is 18.9 Å². The van der Waals surface area contributed by atoms with Crippen LogP contribution < -0.4 is 9.47 Å². The van der Waals surface area contributed by atoms with E-state index in [1.807, 2.05) is 0 Å². The minimum atomic E-state index is -0.675. The van der Waals surface area contributed by atoms with Gasteiger partial charge in [0, 0.05) is 18.1 Å². The van der Waals surface area contributed by atoms with Crippen LogP contribution in [0.25, 0.3) is 0 Å². The van der Waals surface area contributed by atoms with Gasteiger partial charge in [0.25, 0.3) is 0 Å². The zero-order chi connectivity index (χ0) is 11.8. The molecule has 4 heteroatoms. The topological polar surface area (TPSA) is 38.7 Å². The fourth-order valence-corrected chi connectivity index (χ4v) is 1.81. The quantitative estimate of drug-likeness (QED) is 0.852. The van der Waals surface area contributed by atoms with Gasteiger partial charge in [-0.1, -0.05) is 0 Å². The molecule has 0 amide bonds. The molecular weight excluding hydrogens is 211 g/mol. The summed E-state index contributed by atoms with van der Waals surface area (Å²) < 4.78 is 23.5. The molecule has 1 saturated carbocycles. The molecule has 0 aromatic heterocycles. The van der Waals surface area contributed by atoms with Gasteiger partial charge >= 0.3 is 0 Å². The van der Waals surface area contributed by atoms with Crippen molar-refractivity contribution in [1.29, 1.82) is 0 Å². The van der Waals surface area contributed by atoms with E-state index in [9.17, 15) is 9.50 Å². The summed E-state index contributed by atoms with van der Waals surface area (Å²) in [6.07, 6.45) is 1.92. The maximum absolute atomic E-state index is 13.3. The molecule has 0 unspecified atom stereocenters. The van der Waals surface area contributed by atoms with Gasteiger partial charge in [0.15, 0.2) is 11.5 Å². The number of benzene rings is 1. The van der Waals surface area contributed by atoms with Crippen LogP contribution in [0.2, 0.25) is 0 Å². The van der Waals surface area contributed by atoms with E-state index in [0.29, 0.717) is 23.5 Å². The highest BCUT2D eigenvalue weighted by atomic mass is 19.1. The molecule has 1 aliphatic carbocycles. The molecule has 1 fully saturated rings. The van der Waals surface area contributed by atoms with Gasteiger partial charge in [0.2, 0.25) is 0 Å². The zero-order valence-corrected chi connectivity index (χ0v) is 9.42. The summed E-state index contributed by atoms with van der Waals surface area (Å²) >= 11 is 0. The van der Waals surface area contributed by atoms with Crippen molar-refractivity contribution < 1.29 is 19.0 Å². The van der Waals surface area contributed by atoms with E-state index < -0.39 is 5.60 Å². The molecule has 2 rings (SSSR count). The third-order valence-corrected chi connectivity index (χ3v) is 2.87. The number of hydrogen-bond donors (Lipinski definition) is 1. The maximum atomic E-state index is 13.3. The highest BCUT2D eigenvalue weighted by molar-refractivity contribution is 5.48. The van der Waals surface area contributed by atoms with E-state index >= 15 is 0 Å². The van der Waals surface area contributed by atoms with Crippen LogP contribution in [0.5, 0.6) is 11.5 Å². The number of ether oxygens (including phenoxy) is 2. The Balaban J connectivity index is 2.37. The second kappa shape index (κ2) is 3.94. The van der Waals surface area contributed by atoms with Gasteiger partial charge in [0.1, 0.15) is 5.82 Å². The average Bonchev–Trinajstić information content (AvgIpc) is 2.95. The van der Waals surface area contributed by atoms with Crippen LogP contribution in [-0.4, -0.2) is 24.9 Å². The number of hydrogen-bond acceptors (Lipinski definition) is 3. The Morgan fingerprint density at radius 3 is 2.50 bits per heavy atom. The first kappa shape index (κ1) is 11.2. The summed E-state index contributed by atoms with van der Waals surface area (Å²) in [7, 11) is 2.98. The smallest absolute Gasteiger partial charge is 0.164 e. The Morgan fingerprint density at radius 2 is 2.00 bits per heavy atom. The van der Waals surface area contributed by atoms with Crippen LogP contribution in [-0.2, 0) is 6.42 Å². The number of halogens is 1. The number of aliphatic hydroxyl groups is 1. The van der Waals surface area contributed by atoms with Crippen molar-refractivity contribution in [3.63, 3.8) is 0 Å². The van der Waals surface area contributed by atoms with Gasteiger partial charge in [-0.3, -0.25) is 0 Å². The normalized spacial score (nSPS) is 17.0. The van der Waals surface area contributed by atoms with Crippen molar-refractivity contribution in [3.8, 4) is 11.5 Å². The molecule has 0 saturated heterocycles. The van der Waals surface area contributed by atoms with Gasteiger partial charge in [0.05, 0.1) is 19.8 Å². The van der Waals surface area contributed by atoms with Gasteiger partial charge in [-0.15, -0.1) is 0 Å². The highest BCUT2D eigenvalue weighted by Gasteiger charge is 2.41. The number of methoxy groups -OCH3 is 2. The van der Waals surface area contributed by atoms with E-state index in [2.05, 4.69) is 0 Å². The van der Waals surface area contributed by atoms with E-state index in [0.717, 1.165) is 12.8 Å². The SMILES string of the molecule is COc1cc(F)cc(CC2(O)CC2)c1OC. The Kier molecular flexibility index (Phi) is 2.76. The van der Waals surface area contributed by atoms with Gasteiger partial charge in [-0.2, -0.15) is 0 Å². The summed E-state index contributed by atoms with van der Waals surface area (Å²) in [5, 5.41) is 9.84. The fourth-order valence-electron chi connectivity index (χ4n) is 1.81. The third-order valence-electron chi connectivity index (χ3n) is 2.87. The largest absolute Gasteiger partial charge is 0.493 e. The van der Waals surface area contributed by atoms with Crippen LogP contribution in [0.4, 0.5) is 4.39 Å². The third kappa shape index (κ3) is 2.11. The molecular formula is C12H15FO3. The Hall–Kier alpha value is -1.29. The lowest BCUT2D eigenvalue weighted by Crippen LogP contribution is -2.12. The molecule has 0 heterocycles. The molecule has 0 spiro atoms.